The van der Waals surface area contributed by atoms with Crippen LogP contribution in [-0.2, 0) is 6.42 Å². The molecular formula is C14H21B. The fourth-order valence-corrected chi connectivity index (χ4v) is 1.71. The molecule has 0 aliphatic rings. The monoisotopic (exact) mass is 200 g/mol. The van der Waals surface area contributed by atoms with Gasteiger partial charge in [0.15, 0.2) is 7.28 Å². The molecule has 0 nitrogen and oxygen atoms in total. The summed E-state index contributed by atoms with van der Waals surface area (Å²) < 4.78 is 0. The predicted octanol–water partition coefficient (Wildman–Crippen LogP) is 2.79. The molecule has 0 heterocycles. The molecule has 0 aliphatic carbocycles. The van der Waals surface area contributed by atoms with E-state index in [0.29, 0.717) is 5.92 Å². The van der Waals surface area contributed by atoms with Gasteiger partial charge in [-0.05, 0) is 19.3 Å². The van der Waals surface area contributed by atoms with E-state index >= 15 is 0 Å². The number of rotatable bonds is 4. The highest BCUT2D eigenvalue weighted by atomic mass is 14.0. The van der Waals surface area contributed by atoms with E-state index in [9.17, 15) is 0 Å². The van der Waals surface area contributed by atoms with Crippen molar-refractivity contribution in [2.45, 2.75) is 34.1 Å². The maximum absolute atomic E-state index is 4.15. The van der Waals surface area contributed by atoms with E-state index in [1.807, 2.05) is 0 Å². The van der Waals surface area contributed by atoms with Gasteiger partial charge < -0.3 is 0 Å². The lowest BCUT2D eigenvalue weighted by Gasteiger charge is -2.12. The van der Waals surface area contributed by atoms with Crippen molar-refractivity contribution in [1.29, 1.82) is 0 Å². The van der Waals surface area contributed by atoms with Gasteiger partial charge in [0.1, 0.15) is 0 Å². The van der Waals surface area contributed by atoms with Crippen molar-refractivity contribution in [2.24, 2.45) is 5.92 Å². The minimum atomic E-state index is 0.579. The van der Waals surface area contributed by atoms with Crippen LogP contribution in [0.3, 0.4) is 0 Å². The lowest BCUT2D eigenvalue weighted by atomic mass is 9.59. The highest BCUT2D eigenvalue weighted by Gasteiger charge is 2.07. The molecule has 15 heavy (non-hydrogen) atoms. The van der Waals surface area contributed by atoms with Crippen molar-refractivity contribution in [3.8, 4) is 0 Å². The van der Waals surface area contributed by atoms with Gasteiger partial charge in [-0.3, -0.25) is 0 Å². The van der Waals surface area contributed by atoms with E-state index in [0.717, 1.165) is 13.7 Å². The van der Waals surface area contributed by atoms with Gasteiger partial charge in [0.2, 0.25) is 0 Å². The highest BCUT2D eigenvalue weighted by molar-refractivity contribution is 6.61. The van der Waals surface area contributed by atoms with Crippen molar-refractivity contribution in [2.75, 3.05) is 0 Å². The molecule has 0 aliphatic heterocycles. The van der Waals surface area contributed by atoms with E-state index < -0.39 is 0 Å². The Bertz CT molecular complexity index is 350. The molecule has 1 aromatic carbocycles. The normalized spacial score (nSPS) is 10.5. The number of hydrogen-bond donors (Lipinski definition) is 0. The molecule has 0 radical (unpaired) electrons. The molecule has 0 saturated heterocycles. The third kappa shape index (κ3) is 3.26. The van der Waals surface area contributed by atoms with Gasteiger partial charge in [-0.25, -0.2) is 0 Å². The third-order valence-corrected chi connectivity index (χ3v) is 2.98. The fourth-order valence-electron chi connectivity index (χ4n) is 1.71. The summed E-state index contributed by atoms with van der Waals surface area (Å²) in [6, 6.07) is 6.74. The SMILES string of the molecule is C=C(Bc1cc(C)ccc1CC)C(C)C. The third-order valence-electron chi connectivity index (χ3n) is 2.98. The quantitative estimate of drug-likeness (QED) is 0.655. The Kier molecular flexibility index (Phi) is 4.20. The minimum absolute atomic E-state index is 0.579. The summed E-state index contributed by atoms with van der Waals surface area (Å²) in [7, 11) is 1.03. The smallest absolute Gasteiger partial charge is 0.108 e. The van der Waals surface area contributed by atoms with Crippen LogP contribution in [0.1, 0.15) is 31.9 Å². The molecule has 0 saturated carbocycles. The summed E-state index contributed by atoms with van der Waals surface area (Å²) in [5.74, 6) is 0.579. The molecule has 0 amide bonds. The van der Waals surface area contributed by atoms with Gasteiger partial charge in [-0.15, -0.1) is 12.1 Å². The molecule has 0 fully saturated rings. The molecule has 1 rings (SSSR count). The van der Waals surface area contributed by atoms with Crippen LogP contribution in [0.15, 0.2) is 30.3 Å². The zero-order valence-corrected chi connectivity index (χ0v) is 10.4. The lowest BCUT2D eigenvalue weighted by Crippen LogP contribution is -2.23. The molecule has 1 aromatic rings. The maximum atomic E-state index is 4.15. The van der Waals surface area contributed by atoms with Gasteiger partial charge in [-0.2, -0.15) is 0 Å². The average molecular weight is 200 g/mol. The highest BCUT2D eigenvalue weighted by Crippen LogP contribution is 2.07. The molecule has 80 valence electrons. The Hall–Kier alpha value is -0.975. The Morgan fingerprint density at radius 2 is 2.07 bits per heavy atom. The molecule has 0 atom stereocenters. The van der Waals surface area contributed by atoms with Crippen LogP contribution in [-0.4, -0.2) is 7.28 Å². The van der Waals surface area contributed by atoms with E-state index in [4.69, 9.17) is 0 Å². The van der Waals surface area contributed by atoms with Crippen molar-refractivity contribution in [3.05, 3.63) is 41.4 Å². The molecule has 0 unspecified atom stereocenters. The summed E-state index contributed by atoms with van der Waals surface area (Å²) in [6.45, 7) is 12.9. The molecule has 0 bridgehead atoms. The van der Waals surface area contributed by atoms with Crippen LogP contribution in [0.25, 0.3) is 0 Å². The van der Waals surface area contributed by atoms with Gasteiger partial charge >= 0.3 is 0 Å². The first-order chi connectivity index (χ1) is 7.04. The van der Waals surface area contributed by atoms with Crippen molar-refractivity contribution in [3.63, 3.8) is 0 Å². The Morgan fingerprint density at radius 1 is 1.40 bits per heavy atom. The molecule has 0 N–H and O–H groups in total. The zero-order chi connectivity index (χ0) is 11.4. The van der Waals surface area contributed by atoms with Crippen LogP contribution in [0, 0.1) is 12.8 Å². The van der Waals surface area contributed by atoms with Crippen LogP contribution in [0.4, 0.5) is 0 Å². The van der Waals surface area contributed by atoms with Gasteiger partial charge in [0.25, 0.3) is 0 Å². The number of aryl methyl sites for hydroxylation is 2. The zero-order valence-electron chi connectivity index (χ0n) is 10.4. The standard InChI is InChI=1S/C14H21B/c1-6-13-8-7-11(4)9-14(13)15-12(5)10(2)3/h7-10,15H,5-6H2,1-4H3. The molecule has 0 aromatic heterocycles. The van der Waals surface area contributed by atoms with E-state index in [-0.39, 0.29) is 0 Å². The average Bonchev–Trinajstić information content (AvgIpc) is 2.18. The largest absolute Gasteiger partial charge is 0.186 e. The summed E-state index contributed by atoms with van der Waals surface area (Å²) in [5.41, 5.74) is 5.59. The minimum Gasteiger partial charge on any atom is -0.108 e. The van der Waals surface area contributed by atoms with Crippen LogP contribution in [0.2, 0.25) is 0 Å². The second-order valence-electron chi connectivity index (χ2n) is 4.62. The number of benzene rings is 1. The van der Waals surface area contributed by atoms with Crippen molar-refractivity contribution >= 4 is 12.7 Å². The molecular weight excluding hydrogens is 179 g/mol. The summed E-state index contributed by atoms with van der Waals surface area (Å²) in [6.07, 6.45) is 1.11. The van der Waals surface area contributed by atoms with Gasteiger partial charge in [0.05, 0.1) is 0 Å². The Morgan fingerprint density at radius 3 is 2.60 bits per heavy atom. The second kappa shape index (κ2) is 5.20. The fraction of sp³-hybridized carbons (Fsp3) is 0.429. The van der Waals surface area contributed by atoms with Crippen LogP contribution < -0.4 is 5.46 Å². The maximum Gasteiger partial charge on any atom is 0.186 e. The van der Waals surface area contributed by atoms with Crippen LogP contribution >= 0.6 is 0 Å². The first-order valence-electron chi connectivity index (χ1n) is 5.80. The summed E-state index contributed by atoms with van der Waals surface area (Å²) in [4.78, 5) is 0. The second-order valence-corrected chi connectivity index (χ2v) is 4.62. The van der Waals surface area contributed by atoms with E-state index in [1.165, 1.54) is 22.1 Å². The topological polar surface area (TPSA) is 0 Å². The summed E-state index contributed by atoms with van der Waals surface area (Å²) >= 11 is 0. The first-order valence-corrected chi connectivity index (χ1v) is 5.80. The predicted molar refractivity (Wildman–Crippen MR) is 71.3 cm³/mol. The van der Waals surface area contributed by atoms with E-state index in [1.54, 1.807) is 0 Å². The van der Waals surface area contributed by atoms with Gasteiger partial charge in [0, 0.05) is 0 Å². The van der Waals surface area contributed by atoms with E-state index in [2.05, 4.69) is 52.5 Å². The first kappa shape index (κ1) is 12.1. The Balaban J connectivity index is 2.92. The Labute approximate surface area is 94.6 Å². The molecule has 0 spiro atoms. The van der Waals surface area contributed by atoms with Crippen LogP contribution in [0.5, 0.6) is 0 Å². The number of allylic oxidation sites excluding steroid dienone is 1. The molecule has 1 heteroatoms. The number of hydrogen-bond acceptors (Lipinski definition) is 0. The van der Waals surface area contributed by atoms with Crippen molar-refractivity contribution in [1.82, 2.24) is 0 Å². The summed E-state index contributed by atoms with van der Waals surface area (Å²) in [5, 5.41) is 0. The van der Waals surface area contributed by atoms with Gasteiger partial charge in [-0.1, -0.05) is 55.6 Å². The van der Waals surface area contributed by atoms with Crippen molar-refractivity contribution < 1.29 is 0 Å². The lowest BCUT2D eigenvalue weighted by molar-refractivity contribution is 0.814.